The van der Waals surface area contributed by atoms with Gasteiger partial charge >= 0.3 is 5.97 Å². The average molecular weight is 374 g/mol. The molecule has 0 fully saturated rings. The summed E-state index contributed by atoms with van der Waals surface area (Å²) in [5, 5.41) is 9.18. The number of hydrogen-bond donors (Lipinski definition) is 1. The zero-order valence-electron chi connectivity index (χ0n) is 12.6. The van der Waals surface area contributed by atoms with E-state index in [0.717, 1.165) is 4.47 Å². The van der Waals surface area contributed by atoms with Crippen LogP contribution in [-0.4, -0.2) is 39.7 Å². The largest absolute Gasteiger partial charge is 0.478 e. The van der Waals surface area contributed by atoms with Gasteiger partial charge in [0.05, 0.1) is 11.3 Å². The predicted octanol–water partition coefficient (Wildman–Crippen LogP) is 3.88. The Morgan fingerprint density at radius 1 is 1.24 bits per heavy atom. The van der Waals surface area contributed by atoms with E-state index >= 15 is 0 Å². The number of carbonyl (C=O) groups excluding carboxylic acids is 1. The molecule has 0 unspecified atom stereocenters. The molecule has 0 aliphatic rings. The minimum atomic E-state index is -0.984. The number of halogens is 1. The van der Waals surface area contributed by atoms with Gasteiger partial charge in [0.15, 0.2) is 0 Å². The number of amides is 1. The number of aromatic carboxylic acids is 1. The van der Waals surface area contributed by atoms with E-state index in [1.807, 2.05) is 32.6 Å². The summed E-state index contributed by atoms with van der Waals surface area (Å²) in [6, 6.07) is 5.21. The molecule has 0 aromatic heterocycles. The van der Waals surface area contributed by atoms with Gasteiger partial charge < -0.3 is 10.0 Å². The maximum atomic E-state index is 12.3. The van der Waals surface area contributed by atoms with Crippen LogP contribution in [0.2, 0.25) is 0 Å². The van der Waals surface area contributed by atoms with Crippen LogP contribution in [0.15, 0.2) is 27.6 Å². The third-order valence-corrected chi connectivity index (χ3v) is 4.46. The van der Waals surface area contributed by atoms with Crippen molar-refractivity contribution in [1.82, 2.24) is 4.90 Å². The standard InChI is InChI=1S/C15H20BrNO3S/c1-9(2)17(10(3)4)14(18)8-21-13-7-11(16)5-6-12(13)15(19)20/h5-7,9-10H,8H2,1-4H3,(H,19,20). The van der Waals surface area contributed by atoms with Crippen molar-refractivity contribution >= 4 is 39.6 Å². The molecule has 0 saturated carbocycles. The van der Waals surface area contributed by atoms with Crippen LogP contribution in [0.25, 0.3) is 0 Å². The zero-order valence-corrected chi connectivity index (χ0v) is 15.0. The van der Waals surface area contributed by atoms with E-state index in [2.05, 4.69) is 15.9 Å². The Kier molecular flexibility index (Phi) is 6.74. The lowest BCUT2D eigenvalue weighted by Gasteiger charge is -2.30. The smallest absolute Gasteiger partial charge is 0.336 e. The average Bonchev–Trinajstić information content (AvgIpc) is 2.35. The van der Waals surface area contributed by atoms with Crippen molar-refractivity contribution in [1.29, 1.82) is 0 Å². The highest BCUT2D eigenvalue weighted by Gasteiger charge is 2.21. The van der Waals surface area contributed by atoms with Crippen LogP contribution in [0.5, 0.6) is 0 Å². The Morgan fingerprint density at radius 3 is 2.29 bits per heavy atom. The molecule has 116 valence electrons. The molecule has 6 heteroatoms. The van der Waals surface area contributed by atoms with Crippen molar-refractivity contribution in [2.24, 2.45) is 0 Å². The molecule has 0 bridgehead atoms. The second-order valence-corrected chi connectivity index (χ2v) is 7.16. The van der Waals surface area contributed by atoms with Gasteiger partial charge in [0.1, 0.15) is 0 Å². The summed E-state index contributed by atoms with van der Waals surface area (Å²) in [7, 11) is 0. The van der Waals surface area contributed by atoms with E-state index in [4.69, 9.17) is 0 Å². The summed E-state index contributed by atoms with van der Waals surface area (Å²) in [6.45, 7) is 7.91. The van der Waals surface area contributed by atoms with E-state index < -0.39 is 5.97 Å². The molecule has 0 atom stereocenters. The normalized spacial score (nSPS) is 11.0. The molecular weight excluding hydrogens is 354 g/mol. The van der Waals surface area contributed by atoms with Crippen LogP contribution in [0.3, 0.4) is 0 Å². The zero-order chi connectivity index (χ0) is 16.2. The Bertz CT molecular complexity index is 524. The van der Waals surface area contributed by atoms with Crippen LogP contribution in [0.1, 0.15) is 38.1 Å². The number of carbonyl (C=O) groups is 2. The summed E-state index contributed by atoms with van der Waals surface area (Å²) < 4.78 is 0.798. The van der Waals surface area contributed by atoms with Gasteiger partial charge in [-0.15, -0.1) is 11.8 Å². The van der Waals surface area contributed by atoms with Gasteiger partial charge in [-0.05, 0) is 45.9 Å². The van der Waals surface area contributed by atoms with Gasteiger partial charge in [-0.2, -0.15) is 0 Å². The third kappa shape index (κ3) is 5.04. The second kappa shape index (κ2) is 7.84. The van der Waals surface area contributed by atoms with E-state index in [-0.39, 0.29) is 29.3 Å². The van der Waals surface area contributed by atoms with Crippen molar-refractivity contribution < 1.29 is 14.7 Å². The van der Waals surface area contributed by atoms with Gasteiger partial charge in [0.25, 0.3) is 0 Å². The highest BCUT2D eigenvalue weighted by atomic mass is 79.9. The van der Waals surface area contributed by atoms with Crippen molar-refractivity contribution in [3.05, 3.63) is 28.2 Å². The fourth-order valence-corrected chi connectivity index (χ4v) is 3.64. The molecule has 1 amide bonds. The van der Waals surface area contributed by atoms with Crippen molar-refractivity contribution in [2.75, 3.05) is 5.75 Å². The van der Waals surface area contributed by atoms with E-state index in [1.54, 1.807) is 18.2 Å². The topological polar surface area (TPSA) is 57.6 Å². The predicted molar refractivity (Wildman–Crippen MR) is 88.9 cm³/mol. The number of hydrogen-bond acceptors (Lipinski definition) is 3. The van der Waals surface area contributed by atoms with Gasteiger partial charge in [0.2, 0.25) is 5.91 Å². The van der Waals surface area contributed by atoms with Crippen molar-refractivity contribution in [3.8, 4) is 0 Å². The number of nitrogens with zero attached hydrogens (tertiary/aromatic N) is 1. The maximum absolute atomic E-state index is 12.3. The fourth-order valence-electron chi connectivity index (χ4n) is 2.18. The van der Waals surface area contributed by atoms with Crippen molar-refractivity contribution in [3.63, 3.8) is 0 Å². The van der Waals surface area contributed by atoms with Crippen LogP contribution < -0.4 is 0 Å². The summed E-state index contributed by atoms with van der Waals surface area (Å²) in [4.78, 5) is 25.9. The van der Waals surface area contributed by atoms with Gasteiger partial charge in [-0.1, -0.05) is 15.9 Å². The molecule has 0 aliphatic carbocycles. The quantitative estimate of drug-likeness (QED) is 0.768. The number of benzene rings is 1. The highest BCUT2D eigenvalue weighted by Crippen LogP contribution is 2.27. The molecule has 0 spiro atoms. The number of rotatable bonds is 6. The lowest BCUT2D eigenvalue weighted by molar-refractivity contribution is -0.131. The molecule has 21 heavy (non-hydrogen) atoms. The van der Waals surface area contributed by atoms with Gasteiger partial charge in [-0.3, -0.25) is 4.79 Å². The Hall–Kier alpha value is -1.01. The molecule has 1 aromatic rings. The highest BCUT2D eigenvalue weighted by molar-refractivity contribution is 9.10. The number of carboxylic acids is 1. The first-order chi connectivity index (χ1) is 9.73. The molecule has 1 aromatic carbocycles. The molecule has 4 nitrogen and oxygen atoms in total. The fraction of sp³-hybridized carbons (Fsp3) is 0.467. The lowest BCUT2D eigenvalue weighted by atomic mass is 10.2. The third-order valence-electron chi connectivity index (χ3n) is 2.93. The van der Waals surface area contributed by atoms with E-state index in [0.29, 0.717) is 4.90 Å². The molecule has 0 heterocycles. The molecule has 0 aliphatic heterocycles. The molecular formula is C15H20BrNO3S. The van der Waals surface area contributed by atoms with Crippen LogP contribution in [0, 0.1) is 0 Å². The minimum Gasteiger partial charge on any atom is -0.478 e. The maximum Gasteiger partial charge on any atom is 0.336 e. The Labute approximate surface area is 138 Å². The summed E-state index contributed by atoms with van der Waals surface area (Å²) in [6.07, 6.45) is 0. The van der Waals surface area contributed by atoms with E-state index in [9.17, 15) is 14.7 Å². The number of thioether (sulfide) groups is 1. The number of carboxylic acid groups (broad SMARTS) is 1. The Morgan fingerprint density at radius 2 is 1.81 bits per heavy atom. The SMILES string of the molecule is CC(C)N(C(=O)CSc1cc(Br)ccc1C(=O)O)C(C)C. The van der Waals surface area contributed by atoms with Crippen molar-refractivity contribution in [2.45, 2.75) is 44.7 Å². The Balaban J connectivity index is 2.86. The molecule has 0 radical (unpaired) electrons. The first-order valence-corrected chi connectivity index (χ1v) is 8.48. The molecule has 0 saturated heterocycles. The monoisotopic (exact) mass is 373 g/mol. The summed E-state index contributed by atoms with van der Waals surface area (Å²) in [5.41, 5.74) is 0.219. The van der Waals surface area contributed by atoms with Crippen LogP contribution >= 0.6 is 27.7 Å². The van der Waals surface area contributed by atoms with Crippen LogP contribution in [0.4, 0.5) is 0 Å². The second-order valence-electron chi connectivity index (χ2n) is 5.22. The molecule has 1 N–H and O–H groups in total. The van der Waals surface area contributed by atoms with Gasteiger partial charge in [-0.25, -0.2) is 4.79 Å². The summed E-state index contributed by atoms with van der Waals surface area (Å²) in [5.74, 6) is -0.740. The first kappa shape index (κ1) is 18.0. The van der Waals surface area contributed by atoms with E-state index in [1.165, 1.54) is 11.8 Å². The molecule has 1 rings (SSSR count). The minimum absolute atomic E-state index is 0.0151. The van der Waals surface area contributed by atoms with Gasteiger partial charge in [0, 0.05) is 21.5 Å². The lowest BCUT2D eigenvalue weighted by Crippen LogP contribution is -2.43. The summed E-state index contributed by atoms with van der Waals surface area (Å²) >= 11 is 4.58. The first-order valence-electron chi connectivity index (χ1n) is 6.70. The van der Waals surface area contributed by atoms with Crippen LogP contribution in [-0.2, 0) is 4.79 Å².